The summed E-state index contributed by atoms with van der Waals surface area (Å²) in [5.41, 5.74) is -16.4. The molecule has 206 valence electrons. The first kappa shape index (κ1) is 31.2. The summed E-state index contributed by atoms with van der Waals surface area (Å²) in [6.07, 6.45) is -36.3. The topological polar surface area (TPSA) is 0 Å². The van der Waals surface area contributed by atoms with Gasteiger partial charge in [-0.05, 0) is 0 Å². The Bertz CT molecular complexity index is 993. The van der Waals surface area contributed by atoms with E-state index in [0.29, 0.717) is 0 Å². The Balaban J connectivity index is 3.12. The second kappa shape index (κ2) is 9.32. The summed E-state index contributed by atoms with van der Waals surface area (Å²) in [4.78, 5) is 0. The number of hydrogen-bond donors (Lipinski definition) is 0. The van der Waals surface area contributed by atoms with Crippen LogP contribution in [0, 0.1) is 0 Å². The molecule has 0 aliphatic heterocycles. The maximum atomic E-state index is 13.5. The summed E-state index contributed by atoms with van der Waals surface area (Å²) in [7, 11) is 0. The van der Waals surface area contributed by atoms with E-state index in [1.807, 2.05) is 0 Å². The van der Waals surface area contributed by atoms with Gasteiger partial charge in [0.25, 0.3) is 0 Å². The van der Waals surface area contributed by atoms with Gasteiger partial charge in [-0.3, -0.25) is 0 Å². The van der Waals surface area contributed by atoms with Gasteiger partial charge in [0.05, 0.1) is 0 Å². The molecular weight excluding hydrogens is 677 g/mol. The molecule has 19 heteroatoms. The van der Waals surface area contributed by atoms with Gasteiger partial charge in [-0.2, -0.15) is 0 Å². The zero-order chi connectivity index (χ0) is 29.2. The van der Waals surface area contributed by atoms with Crippen molar-refractivity contribution in [1.82, 2.24) is 0 Å². The molecule has 0 unspecified atom stereocenters. The van der Waals surface area contributed by atoms with E-state index in [4.69, 9.17) is 0 Å². The van der Waals surface area contributed by atoms with Crippen LogP contribution >= 0.6 is 0 Å². The second-order valence-electron chi connectivity index (χ2n) is 7.00. The summed E-state index contributed by atoms with van der Waals surface area (Å²) in [6.45, 7) is 0. The van der Waals surface area contributed by atoms with E-state index in [1.165, 1.54) is 0 Å². The molecule has 0 nitrogen and oxygen atoms in total. The van der Waals surface area contributed by atoms with Gasteiger partial charge in [-0.25, -0.2) is 0 Å². The molecule has 0 aromatic heterocycles. The molecule has 0 atom stereocenters. The molecule has 0 fully saturated rings. The van der Waals surface area contributed by atoms with E-state index in [1.54, 1.807) is 0 Å². The molecule has 2 aromatic carbocycles. The fourth-order valence-corrected chi connectivity index (χ4v) is 7.59. The van der Waals surface area contributed by atoms with Gasteiger partial charge in [0.15, 0.2) is 0 Å². The van der Waals surface area contributed by atoms with Crippen molar-refractivity contribution in [3.8, 4) is 0 Å². The van der Waals surface area contributed by atoms with Crippen molar-refractivity contribution < 1.29 is 79.0 Å². The Kier molecular flexibility index (Phi) is 7.86. The van der Waals surface area contributed by atoms with Gasteiger partial charge in [0.1, 0.15) is 0 Å². The Morgan fingerprint density at radius 3 is 0.649 bits per heavy atom. The monoisotopic (exact) mass is 682 g/mol. The Morgan fingerprint density at radius 1 is 0.324 bits per heavy atom. The van der Waals surface area contributed by atoms with E-state index >= 15 is 0 Å². The van der Waals surface area contributed by atoms with Gasteiger partial charge in [-0.15, -0.1) is 0 Å². The van der Waals surface area contributed by atoms with Crippen molar-refractivity contribution in [1.29, 1.82) is 0 Å². The number of hydrogen-bond acceptors (Lipinski definition) is 0. The fourth-order valence-electron chi connectivity index (χ4n) is 2.90. The van der Waals surface area contributed by atoms with Crippen LogP contribution in [-0.4, -0.2) is 21.1 Å². The Morgan fingerprint density at radius 2 is 0.514 bits per heavy atom. The number of rotatable bonds is 2. The van der Waals surface area contributed by atoms with Crippen LogP contribution in [0.5, 0.6) is 0 Å². The van der Waals surface area contributed by atoms with Gasteiger partial charge >= 0.3 is 202 Å². The summed E-state index contributed by atoms with van der Waals surface area (Å²) >= 11 is -4.80. The van der Waals surface area contributed by atoms with Crippen LogP contribution in [0.1, 0.15) is 33.4 Å². The molecule has 0 bridgehead atoms. The molecule has 0 amide bonds. The van der Waals surface area contributed by atoms with Crippen LogP contribution in [0.2, 0.25) is 0 Å². The van der Waals surface area contributed by atoms with Crippen molar-refractivity contribution in [2.75, 3.05) is 0 Å². The molecule has 2 aromatic rings. The zero-order valence-electron chi connectivity index (χ0n) is 16.6. The number of alkyl halides is 18. The third-order valence-corrected chi connectivity index (χ3v) is 8.90. The molecule has 37 heavy (non-hydrogen) atoms. The predicted molar refractivity (Wildman–Crippen MR) is 87.9 cm³/mol. The third-order valence-electron chi connectivity index (χ3n) is 4.40. The van der Waals surface area contributed by atoms with Gasteiger partial charge in [-0.1, -0.05) is 0 Å². The summed E-state index contributed by atoms with van der Waals surface area (Å²) in [5.74, 6) is 0. The van der Waals surface area contributed by atoms with Crippen LogP contribution in [0.3, 0.4) is 0 Å². The van der Waals surface area contributed by atoms with Gasteiger partial charge in [0.2, 0.25) is 0 Å². The zero-order valence-corrected chi connectivity index (χ0v) is 19.5. The number of benzene rings is 2. The Labute approximate surface area is 202 Å². The molecular formula is C18H4F18Sn. The van der Waals surface area contributed by atoms with E-state index in [0.717, 1.165) is 0 Å². The first-order chi connectivity index (χ1) is 16.1. The van der Waals surface area contributed by atoms with E-state index in [9.17, 15) is 79.0 Å². The molecule has 2 radical (unpaired) electrons. The normalized spacial score (nSPS) is 14.3. The SMILES string of the molecule is FC(F)(F)c1cc(C(F)(F)F)[c]([Sn][c]2c(C(F)(F)F)cc(C(F)(F)F)cc2C(F)(F)F)c(C(F)(F)F)c1. The predicted octanol–water partition coefficient (Wildman–Crippen LogP) is 7.45. The molecule has 2 rings (SSSR count). The average Bonchev–Trinajstić information content (AvgIpc) is 2.62. The molecule has 0 saturated carbocycles. The van der Waals surface area contributed by atoms with Gasteiger partial charge in [0, 0.05) is 0 Å². The molecule has 0 aliphatic rings. The van der Waals surface area contributed by atoms with Crippen LogP contribution in [0.4, 0.5) is 79.0 Å². The summed E-state index contributed by atoms with van der Waals surface area (Å²) in [6, 6.07) is -3.68. The molecule has 0 N–H and O–H groups in total. The van der Waals surface area contributed by atoms with Crippen molar-refractivity contribution in [3.05, 3.63) is 57.6 Å². The van der Waals surface area contributed by atoms with Crippen molar-refractivity contribution in [3.63, 3.8) is 0 Å². The standard InChI is InChI=1S/2C9H2F9.Sn/c2*10-7(11,12)4-1-5(8(13,14)15)3-6(2-4)9(16,17)18;/h2*1-2H;. The average molecular weight is 681 g/mol. The minimum atomic E-state index is -6.14. The van der Waals surface area contributed by atoms with E-state index < -0.39 is 123 Å². The number of halogens is 18. The minimum absolute atomic E-state index is 0.921. The van der Waals surface area contributed by atoms with Gasteiger partial charge < -0.3 is 0 Å². The maximum absolute atomic E-state index is 13.5. The third kappa shape index (κ3) is 7.10. The first-order valence-corrected chi connectivity index (χ1v) is 11.6. The summed E-state index contributed by atoms with van der Waals surface area (Å²) < 4.78 is 235. The van der Waals surface area contributed by atoms with Crippen molar-refractivity contribution in [2.45, 2.75) is 37.1 Å². The molecule has 0 spiro atoms. The molecule has 0 saturated heterocycles. The second-order valence-corrected chi connectivity index (χ2v) is 10.6. The van der Waals surface area contributed by atoms with Crippen LogP contribution in [-0.2, 0) is 37.1 Å². The van der Waals surface area contributed by atoms with Crippen molar-refractivity contribution >= 4 is 28.3 Å². The van der Waals surface area contributed by atoms with Crippen LogP contribution in [0.15, 0.2) is 24.3 Å². The Hall–Kier alpha value is -2.02. The molecule has 0 heterocycles. The molecule has 0 aliphatic carbocycles. The van der Waals surface area contributed by atoms with Crippen molar-refractivity contribution in [2.24, 2.45) is 0 Å². The van der Waals surface area contributed by atoms with E-state index in [-0.39, 0.29) is 0 Å². The van der Waals surface area contributed by atoms with E-state index in [2.05, 4.69) is 0 Å². The fraction of sp³-hybridized carbons (Fsp3) is 0.333. The summed E-state index contributed by atoms with van der Waals surface area (Å²) in [5, 5.41) is 0. The first-order valence-electron chi connectivity index (χ1n) is 8.71. The quantitative estimate of drug-likeness (QED) is 0.228. The van der Waals surface area contributed by atoms with Crippen LogP contribution < -0.4 is 7.16 Å². The van der Waals surface area contributed by atoms with Crippen LogP contribution in [0.25, 0.3) is 0 Å².